The molecule has 0 aliphatic heterocycles. The molecule has 0 saturated heterocycles. The van der Waals surface area contributed by atoms with Crippen molar-refractivity contribution in [3.8, 4) is 0 Å². The molecule has 4 heteroatoms. The topological polar surface area (TPSA) is 42.0 Å². The third-order valence-corrected chi connectivity index (χ3v) is 3.01. The molecule has 0 spiro atoms. The molecule has 2 atom stereocenters. The van der Waals surface area contributed by atoms with Gasteiger partial charge in [0.15, 0.2) is 0 Å². The van der Waals surface area contributed by atoms with E-state index in [9.17, 15) is 4.79 Å². The van der Waals surface area contributed by atoms with E-state index in [0.717, 1.165) is 12.1 Å². The van der Waals surface area contributed by atoms with Crippen LogP contribution in [-0.4, -0.2) is 10.9 Å². The molecule has 0 bridgehead atoms. The van der Waals surface area contributed by atoms with Crippen molar-refractivity contribution in [2.24, 2.45) is 11.8 Å². The van der Waals surface area contributed by atoms with E-state index in [1.165, 1.54) is 0 Å². The maximum atomic E-state index is 11.4. The summed E-state index contributed by atoms with van der Waals surface area (Å²) in [5.41, 5.74) is 2.73. The number of carbonyl (C=O) groups excluding carboxylic acids is 1. The number of nitrogens with one attached hydrogen (secondary N) is 1. The molecule has 3 nitrogen and oxygen atoms in total. The van der Waals surface area contributed by atoms with Crippen molar-refractivity contribution in [1.82, 2.24) is 10.3 Å². The SMILES string of the molecule is C[C@H]1C[C@@H]1C(=O)NCc1cscn1. The number of hydrogen-bond acceptors (Lipinski definition) is 3. The van der Waals surface area contributed by atoms with Gasteiger partial charge in [-0.2, -0.15) is 0 Å². The fraction of sp³-hybridized carbons (Fsp3) is 0.556. The summed E-state index contributed by atoms with van der Waals surface area (Å²) in [6.07, 6.45) is 1.04. The van der Waals surface area contributed by atoms with E-state index in [2.05, 4.69) is 17.2 Å². The molecule has 0 aromatic carbocycles. The van der Waals surface area contributed by atoms with Gasteiger partial charge < -0.3 is 5.32 Å². The molecular weight excluding hydrogens is 184 g/mol. The van der Waals surface area contributed by atoms with Gasteiger partial charge in [0.05, 0.1) is 17.7 Å². The Morgan fingerprint density at radius 1 is 1.85 bits per heavy atom. The monoisotopic (exact) mass is 196 g/mol. The molecule has 1 heterocycles. The number of nitrogens with zero attached hydrogens (tertiary/aromatic N) is 1. The second kappa shape index (κ2) is 3.46. The lowest BCUT2D eigenvalue weighted by atomic mass is 10.3. The standard InChI is InChI=1S/C9H12N2OS/c1-6-2-8(6)9(12)10-3-7-4-13-5-11-7/h4-6,8H,2-3H2,1H3,(H,10,12)/t6-,8-/m0/s1. The van der Waals surface area contributed by atoms with Crippen molar-refractivity contribution in [3.63, 3.8) is 0 Å². The highest BCUT2D eigenvalue weighted by atomic mass is 32.1. The maximum absolute atomic E-state index is 11.4. The molecule has 0 unspecified atom stereocenters. The molecule has 1 amide bonds. The van der Waals surface area contributed by atoms with Gasteiger partial charge in [-0.25, -0.2) is 4.98 Å². The van der Waals surface area contributed by atoms with Crippen LogP contribution in [0.3, 0.4) is 0 Å². The van der Waals surface area contributed by atoms with Crippen LogP contribution < -0.4 is 5.32 Å². The summed E-state index contributed by atoms with van der Waals surface area (Å²) in [4.78, 5) is 15.5. The third-order valence-electron chi connectivity index (χ3n) is 2.37. The summed E-state index contributed by atoms with van der Waals surface area (Å²) in [6.45, 7) is 2.68. The Hall–Kier alpha value is -0.900. The Morgan fingerprint density at radius 2 is 2.62 bits per heavy atom. The van der Waals surface area contributed by atoms with Gasteiger partial charge in [-0.15, -0.1) is 11.3 Å². The second-order valence-corrected chi connectivity index (χ2v) is 4.24. The number of carbonyl (C=O) groups is 1. The van der Waals surface area contributed by atoms with Crippen LogP contribution in [0.5, 0.6) is 0 Å². The summed E-state index contributed by atoms with van der Waals surface area (Å²) >= 11 is 1.55. The van der Waals surface area contributed by atoms with Gasteiger partial charge in [0.25, 0.3) is 0 Å². The zero-order valence-corrected chi connectivity index (χ0v) is 8.30. The van der Waals surface area contributed by atoms with Gasteiger partial charge in [-0.3, -0.25) is 4.79 Å². The largest absolute Gasteiger partial charge is 0.350 e. The lowest BCUT2D eigenvalue weighted by Gasteiger charge is -2.00. The van der Waals surface area contributed by atoms with E-state index in [1.54, 1.807) is 16.8 Å². The summed E-state index contributed by atoms with van der Waals surface area (Å²) < 4.78 is 0. The predicted molar refractivity (Wildman–Crippen MR) is 51.2 cm³/mol. The minimum absolute atomic E-state index is 0.181. The van der Waals surface area contributed by atoms with E-state index in [0.29, 0.717) is 12.5 Å². The molecule has 0 radical (unpaired) electrons. The molecule has 1 fully saturated rings. The van der Waals surface area contributed by atoms with Crippen molar-refractivity contribution >= 4 is 17.2 Å². The van der Waals surface area contributed by atoms with Gasteiger partial charge in [-0.05, 0) is 12.3 Å². The van der Waals surface area contributed by atoms with Crippen molar-refractivity contribution < 1.29 is 4.79 Å². The Balaban J connectivity index is 1.77. The zero-order chi connectivity index (χ0) is 9.26. The van der Waals surface area contributed by atoms with Crippen LogP contribution in [0.4, 0.5) is 0 Å². The molecule has 2 rings (SSSR count). The first-order chi connectivity index (χ1) is 6.27. The highest BCUT2D eigenvalue weighted by Gasteiger charge is 2.38. The summed E-state index contributed by atoms with van der Waals surface area (Å²) in [7, 11) is 0. The number of rotatable bonds is 3. The van der Waals surface area contributed by atoms with Crippen LogP contribution in [0.1, 0.15) is 19.0 Å². The average molecular weight is 196 g/mol. The Morgan fingerprint density at radius 3 is 3.15 bits per heavy atom. The molecule has 1 aliphatic rings. The van der Waals surface area contributed by atoms with Crippen LogP contribution in [0.2, 0.25) is 0 Å². The molecular formula is C9H12N2OS. The molecule has 1 aromatic heterocycles. The van der Waals surface area contributed by atoms with E-state index in [1.807, 2.05) is 5.38 Å². The van der Waals surface area contributed by atoms with Crippen LogP contribution in [0, 0.1) is 11.8 Å². The predicted octanol–water partition coefficient (Wildman–Crippen LogP) is 1.42. The van der Waals surface area contributed by atoms with Crippen LogP contribution in [0.15, 0.2) is 10.9 Å². The van der Waals surface area contributed by atoms with Crippen LogP contribution in [0.25, 0.3) is 0 Å². The van der Waals surface area contributed by atoms with E-state index < -0.39 is 0 Å². The summed E-state index contributed by atoms with van der Waals surface area (Å²) in [5, 5.41) is 4.84. The number of amides is 1. The molecule has 1 saturated carbocycles. The third kappa shape index (κ3) is 2.06. The first-order valence-corrected chi connectivity index (χ1v) is 5.36. The second-order valence-electron chi connectivity index (χ2n) is 3.52. The summed E-state index contributed by atoms with van der Waals surface area (Å²) in [5.74, 6) is 1.02. The minimum Gasteiger partial charge on any atom is -0.350 e. The molecule has 1 N–H and O–H groups in total. The van der Waals surface area contributed by atoms with E-state index >= 15 is 0 Å². The fourth-order valence-electron chi connectivity index (χ4n) is 1.32. The maximum Gasteiger partial charge on any atom is 0.223 e. The molecule has 1 aromatic rings. The van der Waals surface area contributed by atoms with E-state index in [-0.39, 0.29) is 11.8 Å². The van der Waals surface area contributed by atoms with Crippen molar-refractivity contribution in [2.45, 2.75) is 19.9 Å². The normalized spacial score (nSPS) is 25.6. The van der Waals surface area contributed by atoms with Crippen molar-refractivity contribution in [3.05, 3.63) is 16.6 Å². The Kier molecular flexibility index (Phi) is 2.31. The van der Waals surface area contributed by atoms with Gasteiger partial charge in [0.2, 0.25) is 5.91 Å². The minimum atomic E-state index is 0.181. The van der Waals surface area contributed by atoms with Crippen LogP contribution >= 0.6 is 11.3 Å². The highest BCUT2D eigenvalue weighted by Crippen LogP contribution is 2.37. The van der Waals surface area contributed by atoms with Gasteiger partial charge in [0.1, 0.15) is 0 Å². The number of hydrogen-bond donors (Lipinski definition) is 1. The van der Waals surface area contributed by atoms with Gasteiger partial charge in [-0.1, -0.05) is 6.92 Å². The fourth-order valence-corrected chi connectivity index (χ4v) is 1.88. The number of thiazole rings is 1. The van der Waals surface area contributed by atoms with Crippen LogP contribution in [-0.2, 0) is 11.3 Å². The van der Waals surface area contributed by atoms with Gasteiger partial charge in [0, 0.05) is 11.3 Å². The first-order valence-electron chi connectivity index (χ1n) is 4.42. The van der Waals surface area contributed by atoms with Crippen molar-refractivity contribution in [1.29, 1.82) is 0 Å². The Bertz CT molecular complexity index is 297. The molecule has 13 heavy (non-hydrogen) atoms. The lowest BCUT2D eigenvalue weighted by Crippen LogP contribution is -2.24. The zero-order valence-electron chi connectivity index (χ0n) is 7.49. The first kappa shape index (κ1) is 8.69. The molecule has 1 aliphatic carbocycles. The lowest BCUT2D eigenvalue weighted by molar-refractivity contribution is -0.122. The van der Waals surface area contributed by atoms with Crippen molar-refractivity contribution in [2.75, 3.05) is 0 Å². The van der Waals surface area contributed by atoms with Gasteiger partial charge >= 0.3 is 0 Å². The quantitative estimate of drug-likeness (QED) is 0.794. The summed E-state index contributed by atoms with van der Waals surface area (Å²) in [6, 6.07) is 0. The Labute approximate surface area is 81.2 Å². The molecule has 70 valence electrons. The average Bonchev–Trinajstić information content (AvgIpc) is 2.68. The highest BCUT2D eigenvalue weighted by molar-refractivity contribution is 7.07. The van der Waals surface area contributed by atoms with E-state index in [4.69, 9.17) is 0 Å². The smallest absolute Gasteiger partial charge is 0.223 e. The number of aromatic nitrogens is 1.